The average molecular weight is 202 g/mol. The summed E-state index contributed by atoms with van der Waals surface area (Å²) in [6.45, 7) is 10.4. The predicted molar refractivity (Wildman–Crippen MR) is 65.1 cm³/mol. The maximum atomic E-state index is 4.56. The maximum Gasteiger partial charge on any atom is 0.124 e. The molecule has 0 aromatic heterocycles. The first-order valence-electron chi connectivity index (χ1n) is 5.51. The summed E-state index contributed by atoms with van der Waals surface area (Å²) in [6, 6.07) is 0. The molecule has 2 rings (SSSR count). The summed E-state index contributed by atoms with van der Waals surface area (Å²) in [7, 11) is 0. The van der Waals surface area contributed by atoms with Gasteiger partial charge >= 0.3 is 0 Å². The normalized spacial score (nSPS) is 26.4. The van der Waals surface area contributed by atoms with E-state index in [9.17, 15) is 0 Å². The molecule has 0 aromatic rings. The van der Waals surface area contributed by atoms with Gasteiger partial charge < -0.3 is 5.32 Å². The molecule has 2 aliphatic rings. The van der Waals surface area contributed by atoms with E-state index >= 15 is 0 Å². The van der Waals surface area contributed by atoms with E-state index in [1.165, 1.54) is 16.7 Å². The van der Waals surface area contributed by atoms with Crippen LogP contribution in [-0.2, 0) is 0 Å². The van der Waals surface area contributed by atoms with Gasteiger partial charge in [-0.1, -0.05) is 25.7 Å². The second-order valence-electron chi connectivity index (χ2n) is 4.50. The van der Waals surface area contributed by atoms with Crippen LogP contribution in [0.1, 0.15) is 20.3 Å². The van der Waals surface area contributed by atoms with Crippen molar-refractivity contribution in [1.82, 2.24) is 5.32 Å². The quantitative estimate of drug-likeness (QED) is 0.694. The van der Waals surface area contributed by atoms with Crippen molar-refractivity contribution in [2.45, 2.75) is 20.3 Å². The standard InChI is InChI=1S/C13H18N2/c1-9-7-14-13(15-8-9)12-5-4-10(2)11(3)6-12/h4-5,9H,3,6-8H2,1-2H3,(H,14,15). The van der Waals surface area contributed by atoms with E-state index < -0.39 is 0 Å². The molecular weight excluding hydrogens is 184 g/mol. The lowest BCUT2D eigenvalue weighted by molar-refractivity contribution is 0.553. The van der Waals surface area contributed by atoms with Gasteiger partial charge in [0.2, 0.25) is 0 Å². The smallest absolute Gasteiger partial charge is 0.124 e. The van der Waals surface area contributed by atoms with Gasteiger partial charge in [0.05, 0.1) is 0 Å². The Balaban J connectivity index is 2.16. The highest BCUT2D eigenvalue weighted by molar-refractivity contribution is 5.99. The van der Waals surface area contributed by atoms with E-state index in [1.54, 1.807) is 0 Å². The monoisotopic (exact) mass is 202 g/mol. The van der Waals surface area contributed by atoms with E-state index in [0.717, 1.165) is 25.3 Å². The van der Waals surface area contributed by atoms with Gasteiger partial charge in [-0.2, -0.15) is 0 Å². The minimum absolute atomic E-state index is 0.651. The van der Waals surface area contributed by atoms with Gasteiger partial charge in [0, 0.05) is 19.5 Å². The molecule has 1 unspecified atom stereocenters. The summed E-state index contributed by atoms with van der Waals surface area (Å²) < 4.78 is 0. The van der Waals surface area contributed by atoms with Crippen LogP contribution in [0.15, 0.2) is 40.4 Å². The molecule has 1 N–H and O–H groups in total. The van der Waals surface area contributed by atoms with E-state index in [4.69, 9.17) is 0 Å². The molecular formula is C13H18N2. The van der Waals surface area contributed by atoms with Gasteiger partial charge in [0.15, 0.2) is 0 Å². The molecule has 15 heavy (non-hydrogen) atoms. The molecule has 0 radical (unpaired) electrons. The minimum Gasteiger partial charge on any atom is -0.370 e. The Labute approximate surface area is 91.5 Å². The molecule has 1 aliphatic carbocycles. The highest BCUT2D eigenvalue weighted by Gasteiger charge is 2.16. The Hall–Kier alpha value is -1.31. The molecule has 0 amide bonds. The fourth-order valence-corrected chi connectivity index (χ4v) is 1.79. The fraction of sp³-hybridized carbons (Fsp3) is 0.462. The first-order valence-corrected chi connectivity index (χ1v) is 5.51. The van der Waals surface area contributed by atoms with E-state index in [2.05, 4.69) is 42.9 Å². The van der Waals surface area contributed by atoms with Crippen molar-refractivity contribution in [3.05, 3.63) is 35.5 Å². The van der Waals surface area contributed by atoms with E-state index in [-0.39, 0.29) is 0 Å². The van der Waals surface area contributed by atoms with Crippen molar-refractivity contribution < 1.29 is 0 Å². The van der Waals surface area contributed by atoms with Gasteiger partial charge in [-0.25, -0.2) is 0 Å². The van der Waals surface area contributed by atoms with Crippen molar-refractivity contribution in [3.8, 4) is 0 Å². The number of rotatable bonds is 1. The van der Waals surface area contributed by atoms with Crippen LogP contribution in [0.4, 0.5) is 0 Å². The number of hydrogen-bond acceptors (Lipinski definition) is 2. The third-order valence-corrected chi connectivity index (χ3v) is 2.98. The Bertz CT molecular complexity index is 372. The van der Waals surface area contributed by atoms with Crippen molar-refractivity contribution in [1.29, 1.82) is 0 Å². The number of allylic oxidation sites excluding steroid dienone is 4. The highest BCUT2D eigenvalue weighted by Crippen LogP contribution is 2.23. The molecule has 1 aliphatic heterocycles. The molecule has 0 saturated heterocycles. The summed E-state index contributed by atoms with van der Waals surface area (Å²) >= 11 is 0. The highest BCUT2D eigenvalue weighted by atomic mass is 15.0. The summed E-state index contributed by atoms with van der Waals surface area (Å²) in [5, 5.41) is 3.39. The van der Waals surface area contributed by atoms with Crippen molar-refractivity contribution >= 4 is 5.84 Å². The molecule has 0 spiro atoms. The number of hydrogen-bond donors (Lipinski definition) is 1. The van der Waals surface area contributed by atoms with Crippen LogP contribution in [0.2, 0.25) is 0 Å². The SMILES string of the molecule is C=C1CC(C2=NCC(C)CN2)=CC=C1C. The Kier molecular flexibility index (Phi) is 2.76. The second-order valence-corrected chi connectivity index (χ2v) is 4.50. The maximum absolute atomic E-state index is 4.56. The summed E-state index contributed by atoms with van der Waals surface area (Å²) in [4.78, 5) is 4.56. The molecule has 0 fully saturated rings. The zero-order valence-corrected chi connectivity index (χ0v) is 9.51. The lowest BCUT2D eigenvalue weighted by Crippen LogP contribution is -2.35. The molecule has 2 nitrogen and oxygen atoms in total. The fourth-order valence-electron chi connectivity index (χ4n) is 1.79. The van der Waals surface area contributed by atoms with Crippen LogP contribution >= 0.6 is 0 Å². The first-order chi connectivity index (χ1) is 7.16. The van der Waals surface area contributed by atoms with Gasteiger partial charge in [-0.3, -0.25) is 4.99 Å². The van der Waals surface area contributed by atoms with Crippen molar-refractivity contribution in [3.63, 3.8) is 0 Å². The largest absolute Gasteiger partial charge is 0.370 e. The van der Waals surface area contributed by atoms with Gasteiger partial charge in [0.1, 0.15) is 5.84 Å². The van der Waals surface area contributed by atoms with Crippen LogP contribution in [0, 0.1) is 5.92 Å². The summed E-state index contributed by atoms with van der Waals surface area (Å²) in [6.07, 6.45) is 5.22. The minimum atomic E-state index is 0.651. The van der Waals surface area contributed by atoms with Crippen LogP contribution in [0.3, 0.4) is 0 Å². The van der Waals surface area contributed by atoms with Crippen LogP contribution in [0.25, 0.3) is 0 Å². The number of nitrogens with zero attached hydrogens (tertiary/aromatic N) is 1. The van der Waals surface area contributed by atoms with Crippen LogP contribution in [-0.4, -0.2) is 18.9 Å². The van der Waals surface area contributed by atoms with Crippen LogP contribution in [0.5, 0.6) is 0 Å². The molecule has 0 bridgehead atoms. The van der Waals surface area contributed by atoms with Crippen molar-refractivity contribution in [2.24, 2.45) is 10.9 Å². The Morgan fingerprint density at radius 1 is 1.47 bits per heavy atom. The van der Waals surface area contributed by atoms with Crippen molar-refractivity contribution in [2.75, 3.05) is 13.1 Å². The van der Waals surface area contributed by atoms with E-state index in [1.807, 2.05) is 0 Å². The molecule has 80 valence electrons. The zero-order valence-electron chi connectivity index (χ0n) is 9.51. The third-order valence-electron chi connectivity index (χ3n) is 2.98. The van der Waals surface area contributed by atoms with Crippen LogP contribution < -0.4 is 5.32 Å². The zero-order chi connectivity index (χ0) is 10.8. The van der Waals surface area contributed by atoms with Gasteiger partial charge in [-0.15, -0.1) is 0 Å². The second kappa shape index (κ2) is 4.05. The first kappa shape index (κ1) is 10.2. The molecule has 0 saturated carbocycles. The molecule has 2 heteroatoms. The molecule has 0 aromatic carbocycles. The lowest BCUT2D eigenvalue weighted by atomic mass is 9.93. The Morgan fingerprint density at radius 2 is 2.27 bits per heavy atom. The molecule has 1 atom stereocenters. The predicted octanol–water partition coefficient (Wildman–Crippen LogP) is 2.46. The number of amidine groups is 1. The number of nitrogens with one attached hydrogen (secondary N) is 1. The van der Waals surface area contributed by atoms with Gasteiger partial charge in [0.25, 0.3) is 0 Å². The third kappa shape index (κ3) is 2.20. The lowest BCUT2D eigenvalue weighted by Gasteiger charge is -2.23. The Morgan fingerprint density at radius 3 is 2.87 bits per heavy atom. The summed E-state index contributed by atoms with van der Waals surface area (Å²) in [5.41, 5.74) is 3.76. The van der Waals surface area contributed by atoms with E-state index in [0.29, 0.717) is 5.92 Å². The number of aliphatic imine (C=N–C) groups is 1. The van der Waals surface area contributed by atoms with Gasteiger partial charge in [-0.05, 0) is 29.6 Å². The topological polar surface area (TPSA) is 24.4 Å². The molecule has 1 heterocycles. The average Bonchev–Trinajstić information content (AvgIpc) is 2.23. The summed E-state index contributed by atoms with van der Waals surface area (Å²) in [5.74, 6) is 1.72.